The Kier molecular flexibility index (Phi) is 6.97. The summed E-state index contributed by atoms with van der Waals surface area (Å²) >= 11 is 0. The van der Waals surface area contributed by atoms with Gasteiger partial charge in [-0.05, 0) is 37.8 Å². The zero-order valence-corrected chi connectivity index (χ0v) is 18.9. The molecule has 0 spiro atoms. The molecule has 3 aromatic carbocycles. The fourth-order valence-corrected chi connectivity index (χ4v) is 4.87. The number of benzene rings is 3. The van der Waals surface area contributed by atoms with E-state index in [1.807, 2.05) is 60.7 Å². The molecule has 7 heteroatoms. The average Bonchev–Trinajstić information content (AvgIpc) is 2.72. The lowest BCUT2D eigenvalue weighted by Crippen LogP contribution is -2.40. The van der Waals surface area contributed by atoms with E-state index < -0.39 is 21.7 Å². The highest BCUT2D eigenvalue weighted by molar-refractivity contribution is 7.89. The number of carbonyl (C=O) groups is 1. The molecule has 1 N–H and O–H groups in total. The standard InChI is InChI=1S/C24H28N2O4S/c1-24(2,3)30-23(27)25-16-17-26(18-19-10-5-4-6-11-19)31(28,29)22-15-9-13-20-12-7-8-14-21(20)22/h4-15H,16-18H2,1-3H3,(H,25,27). The van der Waals surface area contributed by atoms with Gasteiger partial charge in [-0.2, -0.15) is 4.31 Å². The fraction of sp³-hybridized carbons (Fsp3) is 0.292. The molecular formula is C24H28N2O4S. The van der Waals surface area contributed by atoms with E-state index in [0.717, 1.165) is 10.9 Å². The smallest absolute Gasteiger partial charge is 0.407 e. The van der Waals surface area contributed by atoms with Crippen LogP contribution in [0.5, 0.6) is 0 Å². The Morgan fingerprint density at radius 2 is 1.58 bits per heavy atom. The minimum Gasteiger partial charge on any atom is -0.444 e. The molecule has 31 heavy (non-hydrogen) atoms. The number of nitrogens with zero attached hydrogens (tertiary/aromatic N) is 1. The summed E-state index contributed by atoms with van der Waals surface area (Å²) in [6.07, 6.45) is -0.574. The number of ether oxygens (including phenoxy) is 1. The van der Waals surface area contributed by atoms with Crippen LogP contribution in [0.1, 0.15) is 26.3 Å². The van der Waals surface area contributed by atoms with Crippen molar-refractivity contribution in [3.05, 3.63) is 78.4 Å². The van der Waals surface area contributed by atoms with Crippen LogP contribution in [-0.2, 0) is 21.3 Å². The zero-order valence-electron chi connectivity index (χ0n) is 18.0. The van der Waals surface area contributed by atoms with Crippen molar-refractivity contribution in [1.29, 1.82) is 0 Å². The van der Waals surface area contributed by atoms with Crippen molar-refractivity contribution in [2.45, 2.75) is 37.8 Å². The van der Waals surface area contributed by atoms with Gasteiger partial charge in [-0.3, -0.25) is 0 Å². The van der Waals surface area contributed by atoms with Gasteiger partial charge in [-0.1, -0.05) is 66.7 Å². The Morgan fingerprint density at radius 1 is 0.935 bits per heavy atom. The van der Waals surface area contributed by atoms with Gasteiger partial charge >= 0.3 is 6.09 Å². The third kappa shape index (κ3) is 6.06. The van der Waals surface area contributed by atoms with E-state index in [4.69, 9.17) is 4.74 Å². The highest BCUT2D eigenvalue weighted by atomic mass is 32.2. The first-order chi connectivity index (χ1) is 14.7. The van der Waals surface area contributed by atoms with Gasteiger partial charge in [0, 0.05) is 25.0 Å². The van der Waals surface area contributed by atoms with Gasteiger partial charge in [0.2, 0.25) is 10.0 Å². The van der Waals surface area contributed by atoms with E-state index in [1.165, 1.54) is 4.31 Å². The monoisotopic (exact) mass is 440 g/mol. The molecular weight excluding hydrogens is 412 g/mol. The molecule has 0 fully saturated rings. The van der Waals surface area contributed by atoms with Crippen LogP contribution < -0.4 is 5.32 Å². The SMILES string of the molecule is CC(C)(C)OC(=O)NCCN(Cc1ccccc1)S(=O)(=O)c1cccc2ccccc12. The van der Waals surface area contributed by atoms with Gasteiger partial charge in [0.05, 0.1) is 4.90 Å². The summed E-state index contributed by atoms with van der Waals surface area (Å²) in [6.45, 7) is 5.77. The molecule has 1 amide bonds. The number of hydrogen-bond donors (Lipinski definition) is 1. The van der Waals surface area contributed by atoms with Crippen molar-refractivity contribution in [1.82, 2.24) is 9.62 Å². The number of amides is 1. The maximum atomic E-state index is 13.6. The molecule has 0 aliphatic heterocycles. The van der Waals surface area contributed by atoms with Gasteiger partial charge < -0.3 is 10.1 Å². The quantitative estimate of drug-likeness (QED) is 0.585. The molecule has 6 nitrogen and oxygen atoms in total. The van der Waals surface area contributed by atoms with E-state index in [1.54, 1.807) is 32.9 Å². The number of alkyl carbamates (subject to hydrolysis) is 1. The molecule has 0 saturated heterocycles. The minimum atomic E-state index is -3.82. The van der Waals surface area contributed by atoms with Crippen molar-refractivity contribution in [2.24, 2.45) is 0 Å². The lowest BCUT2D eigenvalue weighted by Gasteiger charge is -2.24. The third-order valence-corrected chi connectivity index (χ3v) is 6.50. The van der Waals surface area contributed by atoms with Crippen molar-refractivity contribution >= 4 is 26.9 Å². The van der Waals surface area contributed by atoms with Gasteiger partial charge in [-0.15, -0.1) is 0 Å². The van der Waals surface area contributed by atoms with Crippen LogP contribution in [0.25, 0.3) is 10.8 Å². The fourth-order valence-electron chi connectivity index (χ4n) is 3.23. The van der Waals surface area contributed by atoms with E-state index in [9.17, 15) is 13.2 Å². The molecule has 0 saturated carbocycles. The van der Waals surface area contributed by atoms with Crippen molar-refractivity contribution in [2.75, 3.05) is 13.1 Å². The van der Waals surface area contributed by atoms with Gasteiger partial charge in [0.25, 0.3) is 0 Å². The highest BCUT2D eigenvalue weighted by Gasteiger charge is 2.26. The first-order valence-corrected chi connectivity index (χ1v) is 11.6. The van der Waals surface area contributed by atoms with E-state index in [0.29, 0.717) is 5.39 Å². The Bertz CT molecular complexity index is 1130. The highest BCUT2D eigenvalue weighted by Crippen LogP contribution is 2.26. The first kappa shape index (κ1) is 22.8. The molecule has 3 rings (SSSR count). The van der Waals surface area contributed by atoms with Crippen LogP contribution in [0.2, 0.25) is 0 Å². The first-order valence-electron chi connectivity index (χ1n) is 10.2. The summed E-state index contributed by atoms with van der Waals surface area (Å²) in [7, 11) is -3.82. The summed E-state index contributed by atoms with van der Waals surface area (Å²) in [5.74, 6) is 0. The van der Waals surface area contributed by atoms with E-state index in [2.05, 4.69) is 5.32 Å². The van der Waals surface area contributed by atoms with Crippen molar-refractivity contribution in [3.63, 3.8) is 0 Å². The molecule has 0 aliphatic rings. The second kappa shape index (κ2) is 9.49. The molecule has 164 valence electrons. The predicted molar refractivity (Wildman–Crippen MR) is 122 cm³/mol. The van der Waals surface area contributed by atoms with Gasteiger partial charge in [-0.25, -0.2) is 13.2 Å². The molecule has 0 bridgehead atoms. The maximum absolute atomic E-state index is 13.6. The van der Waals surface area contributed by atoms with Crippen LogP contribution in [-0.4, -0.2) is 37.5 Å². The summed E-state index contributed by atoms with van der Waals surface area (Å²) in [5.41, 5.74) is 0.242. The molecule has 0 aromatic heterocycles. The third-order valence-electron chi connectivity index (χ3n) is 4.60. The number of fused-ring (bicyclic) bond motifs is 1. The Labute approximate surface area is 183 Å². The average molecular weight is 441 g/mol. The summed E-state index contributed by atoms with van der Waals surface area (Å²) < 4.78 is 33.9. The van der Waals surface area contributed by atoms with Crippen LogP contribution in [0, 0.1) is 0 Å². The Balaban J connectivity index is 1.87. The molecule has 3 aromatic rings. The van der Waals surface area contributed by atoms with Crippen LogP contribution in [0.4, 0.5) is 4.79 Å². The largest absolute Gasteiger partial charge is 0.444 e. The zero-order chi connectivity index (χ0) is 22.5. The van der Waals surface area contributed by atoms with E-state index in [-0.39, 0.29) is 24.5 Å². The summed E-state index contributed by atoms with van der Waals surface area (Å²) in [4.78, 5) is 12.2. The predicted octanol–water partition coefficient (Wildman–Crippen LogP) is 4.56. The van der Waals surface area contributed by atoms with E-state index >= 15 is 0 Å². The minimum absolute atomic E-state index is 0.111. The lowest BCUT2D eigenvalue weighted by molar-refractivity contribution is 0.0525. The Morgan fingerprint density at radius 3 is 2.29 bits per heavy atom. The lowest BCUT2D eigenvalue weighted by atomic mass is 10.1. The van der Waals surface area contributed by atoms with Gasteiger partial charge in [0.15, 0.2) is 0 Å². The second-order valence-corrected chi connectivity index (χ2v) is 10.1. The topological polar surface area (TPSA) is 75.7 Å². The summed E-state index contributed by atoms with van der Waals surface area (Å²) in [5, 5.41) is 4.18. The van der Waals surface area contributed by atoms with Gasteiger partial charge in [0.1, 0.15) is 5.60 Å². The molecule has 0 aliphatic carbocycles. The summed E-state index contributed by atoms with van der Waals surface area (Å²) in [6, 6.07) is 22.1. The number of carbonyl (C=O) groups excluding carboxylic acids is 1. The molecule has 0 atom stereocenters. The number of nitrogens with one attached hydrogen (secondary N) is 1. The van der Waals surface area contributed by atoms with Crippen LogP contribution in [0.15, 0.2) is 77.7 Å². The Hall–Kier alpha value is -2.90. The normalized spacial score (nSPS) is 12.1. The van der Waals surface area contributed by atoms with Crippen molar-refractivity contribution < 1.29 is 17.9 Å². The number of sulfonamides is 1. The number of hydrogen-bond acceptors (Lipinski definition) is 4. The molecule has 0 unspecified atom stereocenters. The molecule has 0 radical (unpaired) electrons. The van der Waals surface area contributed by atoms with Crippen LogP contribution >= 0.6 is 0 Å². The second-order valence-electron chi connectivity index (χ2n) is 8.23. The number of rotatable bonds is 7. The maximum Gasteiger partial charge on any atom is 0.407 e. The van der Waals surface area contributed by atoms with Crippen LogP contribution in [0.3, 0.4) is 0 Å². The molecule has 0 heterocycles. The van der Waals surface area contributed by atoms with Crippen molar-refractivity contribution in [3.8, 4) is 0 Å².